The molecule has 2 atom stereocenters. The number of nitrogens with zero attached hydrogens (tertiary/aromatic N) is 1. The molecular formula is C13H28N2O. The van der Waals surface area contributed by atoms with Crippen molar-refractivity contribution in [2.75, 3.05) is 19.7 Å². The molecule has 2 unspecified atom stereocenters. The van der Waals surface area contributed by atoms with Crippen molar-refractivity contribution in [1.82, 2.24) is 4.90 Å². The van der Waals surface area contributed by atoms with E-state index in [9.17, 15) is 0 Å². The monoisotopic (exact) mass is 228 g/mol. The molecule has 2 N–H and O–H groups in total. The molecule has 0 saturated carbocycles. The Morgan fingerprint density at radius 1 is 1.31 bits per heavy atom. The van der Waals surface area contributed by atoms with Crippen molar-refractivity contribution < 1.29 is 4.74 Å². The Morgan fingerprint density at radius 2 is 1.94 bits per heavy atom. The summed E-state index contributed by atoms with van der Waals surface area (Å²) in [5.74, 6) is 0. The Hall–Kier alpha value is -0.120. The van der Waals surface area contributed by atoms with Gasteiger partial charge in [-0.3, -0.25) is 4.90 Å². The smallest absolute Gasteiger partial charge is 0.0675 e. The van der Waals surface area contributed by atoms with Gasteiger partial charge < -0.3 is 10.5 Å². The average Bonchev–Trinajstić information content (AvgIpc) is 2.32. The molecular weight excluding hydrogens is 200 g/mol. The normalized spacial score (nSPS) is 28.3. The molecule has 0 aliphatic carbocycles. The number of morpholine rings is 1. The Bertz CT molecular complexity index is 196. The predicted molar refractivity (Wildman–Crippen MR) is 68.6 cm³/mol. The van der Waals surface area contributed by atoms with Gasteiger partial charge in [0.15, 0.2) is 0 Å². The van der Waals surface area contributed by atoms with Gasteiger partial charge in [-0.05, 0) is 26.2 Å². The number of rotatable bonds is 5. The summed E-state index contributed by atoms with van der Waals surface area (Å²) in [6, 6.07) is 0.541. The van der Waals surface area contributed by atoms with Gasteiger partial charge in [-0.1, -0.05) is 20.8 Å². The summed E-state index contributed by atoms with van der Waals surface area (Å²) in [5, 5.41) is 0. The molecule has 1 heterocycles. The highest BCUT2D eigenvalue weighted by Gasteiger charge is 2.39. The first kappa shape index (κ1) is 13.9. The summed E-state index contributed by atoms with van der Waals surface area (Å²) in [5.41, 5.74) is 6.22. The molecule has 1 fully saturated rings. The largest absolute Gasteiger partial charge is 0.376 e. The van der Waals surface area contributed by atoms with E-state index < -0.39 is 0 Å². The van der Waals surface area contributed by atoms with Gasteiger partial charge in [0.1, 0.15) is 0 Å². The molecule has 0 aromatic rings. The van der Waals surface area contributed by atoms with Gasteiger partial charge in [-0.15, -0.1) is 0 Å². The maximum absolute atomic E-state index is 6.04. The fraction of sp³-hybridized carbons (Fsp3) is 1.00. The number of hydrogen-bond acceptors (Lipinski definition) is 3. The standard InChI is InChI=1S/C13H28N2O/c1-5-12-9-16-11(4)8-15(12)13(6-2,7-3)10-14/h11-12H,5-10,14H2,1-4H3. The highest BCUT2D eigenvalue weighted by atomic mass is 16.5. The van der Waals surface area contributed by atoms with E-state index in [1.54, 1.807) is 0 Å². The first-order valence-corrected chi connectivity index (χ1v) is 6.71. The van der Waals surface area contributed by atoms with Crippen molar-refractivity contribution in [3.8, 4) is 0 Å². The zero-order valence-corrected chi connectivity index (χ0v) is 11.3. The lowest BCUT2D eigenvalue weighted by molar-refractivity contribution is -0.101. The lowest BCUT2D eigenvalue weighted by Gasteiger charge is -2.50. The van der Waals surface area contributed by atoms with E-state index in [2.05, 4.69) is 32.6 Å². The number of hydrogen-bond donors (Lipinski definition) is 1. The van der Waals surface area contributed by atoms with Gasteiger partial charge in [0.25, 0.3) is 0 Å². The maximum Gasteiger partial charge on any atom is 0.0675 e. The molecule has 1 aliphatic heterocycles. The Kier molecular flexibility index (Phi) is 5.22. The van der Waals surface area contributed by atoms with Gasteiger partial charge in [0.05, 0.1) is 12.7 Å². The Balaban J connectivity index is 2.85. The van der Waals surface area contributed by atoms with E-state index in [1.807, 2.05) is 0 Å². The van der Waals surface area contributed by atoms with Crippen LogP contribution in [0.25, 0.3) is 0 Å². The lowest BCUT2D eigenvalue weighted by atomic mass is 9.87. The Labute approximate surface area is 100 Å². The van der Waals surface area contributed by atoms with Crippen molar-refractivity contribution in [1.29, 1.82) is 0 Å². The fourth-order valence-electron chi connectivity index (χ4n) is 2.83. The molecule has 1 rings (SSSR count). The first-order chi connectivity index (χ1) is 7.63. The second kappa shape index (κ2) is 5.99. The predicted octanol–water partition coefficient (Wildman–Crippen LogP) is 2.00. The molecule has 0 amide bonds. The van der Waals surface area contributed by atoms with Crippen LogP contribution in [0.1, 0.15) is 47.0 Å². The third kappa shape index (κ3) is 2.58. The third-order valence-electron chi connectivity index (χ3n) is 4.24. The van der Waals surface area contributed by atoms with Gasteiger partial charge in [0.2, 0.25) is 0 Å². The second-order valence-corrected chi connectivity index (χ2v) is 4.99. The van der Waals surface area contributed by atoms with E-state index in [1.165, 1.54) is 0 Å². The maximum atomic E-state index is 6.04. The Morgan fingerprint density at radius 3 is 2.38 bits per heavy atom. The van der Waals surface area contributed by atoms with Crippen LogP contribution in [0.4, 0.5) is 0 Å². The van der Waals surface area contributed by atoms with Gasteiger partial charge in [-0.25, -0.2) is 0 Å². The van der Waals surface area contributed by atoms with Crippen molar-refractivity contribution in [2.45, 2.75) is 64.6 Å². The minimum atomic E-state index is 0.179. The van der Waals surface area contributed by atoms with E-state index in [0.29, 0.717) is 12.1 Å². The van der Waals surface area contributed by atoms with Gasteiger partial charge in [-0.2, -0.15) is 0 Å². The molecule has 1 aliphatic rings. The molecule has 1 saturated heterocycles. The highest BCUT2D eigenvalue weighted by molar-refractivity contribution is 4.95. The van der Waals surface area contributed by atoms with Crippen LogP contribution in [-0.4, -0.2) is 42.3 Å². The molecule has 0 bridgehead atoms. The van der Waals surface area contributed by atoms with Crippen molar-refractivity contribution in [2.24, 2.45) is 5.73 Å². The van der Waals surface area contributed by atoms with Gasteiger partial charge in [0, 0.05) is 24.7 Å². The summed E-state index contributed by atoms with van der Waals surface area (Å²) < 4.78 is 5.76. The second-order valence-electron chi connectivity index (χ2n) is 4.99. The lowest BCUT2D eigenvalue weighted by Crippen LogP contribution is -2.62. The van der Waals surface area contributed by atoms with Crippen LogP contribution >= 0.6 is 0 Å². The average molecular weight is 228 g/mol. The van der Waals surface area contributed by atoms with E-state index in [0.717, 1.165) is 39.0 Å². The molecule has 0 radical (unpaired) electrons. The van der Waals surface area contributed by atoms with Crippen LogP contribution in [0.15, 0.2) is 0 Å². The molecule has 0 aromatic heterocycles. The molecule has 16 heavy (non-hydrogen) atoms. The zero-order valence-electron chi connectivity index (χ0n) is 11.3. The minimum Gasteiger partial charge on any atom is -0.376 e. The summed E-state index contributed by atoms with van der Waals surface area (Å²) in [4.78, 5) is 2.61. The third-order valence-corrected chi connectivity index (χ3v) is 4.24. The van der Waals surface area contributed by atoms with E-state index in [4.69, 9.17) is 10.5 Å². The number of nitrogens with two attached hydrogens (primary N) is 1. The van der Waals surface area contributed by atoms with Crippen LogP contribution in [0.5, 0.6) is 0 Å². The van der Waals surface area contributed by atoms with Gasteiger partial charge >= 0.3 is 0 Å². The highest BCUT2D eigenvalue weighted by Crippen LogP contribution is 2.29. The molecule has 3 nitrogen and oxygen atoms in total. The van der Waals surface area contributed by atoms with Crippen LogP contribution in [0.2, 0.25) is 0 Å². The van der Waals surface area contributed by atoms with Crippen LogP contribution in [0, 0.1) is 0 Å². The SMILES string of the molecule is CCC1COC(C)CN1C(CC)(CC)CN. The number of ether oxygens (including phenoxy) is 1. The van der Waals surface area contributed by atoms with Crippen LogP contribution in [-0.2, 0) is 4.74 Å². The van der Waals surface area contributed by atoms with Crippen molar-refractivity contribution in [3.05, 3.63) is 0 Å². The molecule has 96 valence electrons. The van der Waals surface area contributed by atoms with Crippen LogP contribution in [0.3, 0.4) is 0 Å². The summed E-state index contributed by atoms with van der Waals surface area (Å²) in [6.07, 6.45) is 3.74. The fourth-order valence-corrected chi connectivity index (χ4v) is 2.83. The topological polar surface area (TPSA) is 38.5 Å². The first-order valence-electron chi connectivity index (χ1n) is 6.71. The minimum absolute atomic E-state index is 0.179. The zero-order chi connectivity index (χ0) is 12.2. The molecule has 0 aromatic carbocycles. The summed E-state index contributed by atoms with van der Waals surface area (Å²) in [7, 11) is 0. The quantitative estimate of drug-likeness (QED) is 0.782. The summed E-state index contributed by atoms with van der Waals surface area (Å²) in [6.45, 7) is 11.5. The van der Waals surface area contributed by atoms with E-state index in [-0.39, 0.29) is 5.54 Å². The van der Waals surface area contributed by atoms with E-state index >= 15 is 0 Å². The molecule has 3 heteroatoms. The van der Waals surface area contributed by atoms with Crippen LogP contribution < -0.4 is 5.73 Å². The molecule has 0 spiro atoms. The summed E-state index contributed by atoms with van der Waals surface area (Å²) >= 11 is 0. The van der Waals surface area contributed by atoms with Crippen molar-refractivity contribution in [3.63, 3.8) is 0 Å². The van der Waals surface area contributed by atoms with Crippen molar-refractivity contribution >= 4 is 0 Å².